The lowest BCUT2D eigenvalue weighted by molar-refractivity contribution is -0.0228. The van der Waals surface area contributed by atoms with Gasteiger partial charge in [0.2, 0.25) is 5.43 Å². The number of hydrogen-bond acceptors (Lipinski definition) is 4. The van der Waals surface area contributed by atoms with Crippen molar-refractivity contribution in [1.29, 1.82) is 0 Å². The van der Waals surface area contributed by atoms with E-state index in [-0.39, 0.29) is 23.0 Å². The number of fused-ring (bicyclic) bond motifs is 1. The lowest BCUT2D eigenvalue weighted by Gasteiger charge is -2.33. The van der Waals surface area contributed by atoms with Crippen molar-refractivity contribution in [3.05, 3.63) is 76.1 Å². The molecular weight excluding hydrogens is 344 g/mol. The minimum atomic E-state index is -0.296. The highest BCUT2D eigenvalue weighted by Gasteiger charge is 2.27. The molecule has 1 N–H and O–H groups in total. The van der Waals surface area contributed by atoms with Crippen molar-refractivity contribution in [2.75, 3.05) is 26.8 Å². The number of pyridine rings is 1. The molecule has 1 aliphatic heterocycles. The van der Waals surface area contributed by atoms with E-state index in [2.05, 4.69) is 4.98 Å². The summed E-state index contributed by atoms with van der Waals surface area (Å²) >= 11 is 0. The second-order valence-corrected chi connectivity index (χ2v) is 6.46. The predicted octanol–water partition coefficient (Wildman–Crippen LogP) is 2.75. The minimum Gasteiger partial charge on any atom is -0.497 e. The summed E-state index contributed by atoms with van der Waals surface area (Å²) in [7, 11) is 1.54. The van der Waals surface area contributed by atoms with E-state index in [1.807, 2.05) is 30.3 Å². The van der Waals surface area contributed by atoms with E-state index in [1.54, 1.807) is 30.2 Å². The summed E-state index contributed by atoms with van der Waals surface area (Å²) in [5.41, 5.74) is 1.52. The lowest BCUT2D eigenvalue weighted by Crippen LogP contribution is -2.43. The van der Waals surface area contributed by atoms with Gasteiger partial charge in [-0.15, -0.1) is 0 Å². The average molecular weight is 364 g/mol. The van der Waals surface area contributed by atoms with Crippen molar-refractivity contribution >= 4 is 16.8 Å². The van der Waals surface area contributed by atoms with Crippen molar-refractivity contribution in [2.45, 2.75) is 6.10 Å². The number of nitrogens with zero attached hydrogens (tertiary/aromatic N) is 1. The Morgan fingerprint density at radius 3 is 2.81 bits per heavy atom. The van der Waals surface area contributed by atoms with Crippen molar-refractivity contribution in [2.24, 2.45) is 0 Å². The molecule has 6 nitrogen and oxygen atoms in total. The van der Waals surface area contributed by atoms with E-state index in [0.717, 1.165) is 5.56 Å². The molecule has 6 heteroatoms. The molecule has 1 fully saturated rings. The Kier molecular flexibility index (Phi) is 4.64. The fraction of sp³-hybridized carbons (Fsp3) is 0.238. The Morgan fingerprint density at radius 2 is 2.04 bits per heavy atom. The van der Waals surface area contributed by atoms with E-state index in [0.29, 0.717) is 36.3 Å². The molecule has 4 rings (SSSR count). The number of aromatic nitrogens is 1. The number of methoxy groups -OCH3 is 1. The van der Waals surface area contributed by atoms with Gasteiger partial charge in [-0.1, -0.05) is 30.3 Å². The van der Waals surface area contributed by atoms with Gasteiger partial charge in [-0.25, -0.2) is 0 Å². The van der Waals surface area contributed by atoms with Gasteiger partial charge in [0.05, 0.1) is 20.3 Å². The maximum absolute atomic E-state index is 13.0. The van der Waals surface area contributed by atoms with Crippen LogP contribution in [0, 0.1) is 0 Å². The third kappa shape index (κ3) is 3.31. The van der Waals surface area contributed by atoms with Crippen LogP contribution < -0.4 is 10.2 Å². The van der Waals surface area contributed by atoms with Crippen molar-refractivity contribution in [1.82, 2.24) is 9.88 Å². The molecule has 2 heterocycles. The highest BCUT2D eigenvalue weighted by Crippen LogP contribution is 2.23. The first kappa shape index (κ1) is 17.3. The number of benzene rings is 2. The van der Waals surface area contributed by atoms with Gasteiger partial charge in [-0.3, -0.25) is 9.59 Å². The van der Waals surface area contributed by atoms with Crippen LogP contribution in [0.3, 0.4) is 0 Å². The van der Waals surface area contributed by atoms with Gasteiger partial charge in [0.15, 0.2) is 0 Å². The number of hydrogen-bond donors (Lipinski definition) is 1. The number of amides is 1. The van der Waals surface area contributed by atoms with Crippen molar-refractivity contribution in [3.8, 4) is 5.75 Å². The predicted molar refractivity (Wildman–Crippen MR) is 102 cm³/mol. The topological polar surface area (TPSA) is 71.6 Å². The summed E-state index contributed by atoms with van der Waals surface area (Å²) < 4.78 is 11.0. The molecule has 27 heavy (non-hydrogen) atoms. The van der Waals surface area contributed by atoms with Gasteiger partial charge >= 0.3 is 0 Å². The molecule has 138 valence electrons. The first-order valence-corrected chi connectivity index (χ1v) is 8.82. The van der Waals surface area contributed by atoms with E-state index in [9.17, 15) is 9.59 Å². The molecule has 0 aliphatic carbocycles. The Balaban J connectivity index is 1.64. The molecule has 3 aromatic rings. The molecular formula is C21H20N2O4. The first-order valence-electron chi connectivity index (χ1n) is 8.82. The van der Waals surface area contributed by atoms with Gasteiger partial charge in [0.1, 0.15) is 17.4 Å². The summed E-state index contributed by atoms with van der Waals surface area (Å²) in [6, 6.07) is 15.0. The number of carbonyl (C=O) groups excluding carboxylic acids is 1. The standard InChI is InChI=1S/C21H20N2O4/c1-26-15-7-8-18-16(11-15)20(24)17(12-22-18)21(25)23-9-10-27-19(13-23)14-5-3-2-4-6-14/h2-8,11-12,19H,9-10,13H2,1H3,(H,22,24)/t19-/m0/s1. The maximum atomic E-state index is 13.0. The van der Waals surface area contributed by atoms with Gasteiger partial charge in [0, 0.05) is 23.6 Å². The largest absolute Gasteiger partial charge is 0.497 e. The Hall–Kier alpha value is -3.12. The zero-order valence-electron chi connectivity index (χ0n) is 15.0. The number of aromatic amines is 1. The van der Waals surface area contributed by atoms with E-state index in [4.69, 9.17) is 9.47 Å². The molecule has 0 spiro atoms. The number of rotatable bonds is 3. The van der Waals surface area contributed by atoms with Crippen LogP contribution in [-0.2, 0) is 4.74 Å². The molecule has 2 aromatic carbocycles. The van der Waals surface area contributed by atoms with E-state index in [1.165, 1.54) is 6.20 Å². The normalized spacial score (nSPS) is 17.1. The van der Waals surface area contributed by atoms with Crippen LogP contribution in [0.2, 0.25) is 0 Å². The molecule has 1 aliphatic rings. The van der Waals surface area contributed by atoms with Gasteiger partial charge in [-0.2, -0.15) is 0 Å². The van der Waals surface area contributed by atoms with Crippen LogP contribution in [0.15, 0.2) is 59.5 Å². The number of nitrogens with one attached hydrogen (secondary N) is 1. The third-order valence-electron chi connectivity index (χ3n) is 4.84. The zero-order chi connectivity index (χ0) is 18.8. The summed E-state index contributed by atoms with van der Waals surface area (Å²) in [6.07, 6.45) is 1.30. The summed E-state index contributed by atoms with van der Waals surface area (Å²) in [6.45, 7) is 1.31. The van der Waals surface area contributed by atoms with Gasteiger partial charge in [-0.05, 0) is 23.8 Å². The fourth-order valence-electron chi connectivity index (χ4n) is 3.36. The van der Waals surface area contributed by atoms with Gasteiger partial charge < -0.3 is 19.4 Å². The molecule has 0 saturated carbocycles. The molecule has 0 radical (unpaired) electrons. The Labute approximate surface area is 156 Å². The number of morpholine rings is 1. The first-order chi connectivity index (χ1) is 13.2. The average Bonchev–Trinajstić information content (AvgIpc) is 2.74. The Morgan fingerprint density at radius 1 is 1.22 bits per heavy atom. The molecule has 1 aromatic heterocycles. The summed E-state index contributed by atoms with van der Waals surface area (Å²) in [4.78, 5) is 30.6. The molecule has 0 unspecified atom stereocenters. The van der Waals surface area contributed by atoms with Crippen LogP contribution in [-0.4, -0.2) is 42.6 Å². The zero-order valence-corrected chi connectivity index (χ0v) is 15.0. The van der Waals surface area contributed by atoms with Crippen LogP contribution in [0.1, 0.15) is 22.0 Å². The quantitative estimate of drug-likeness (QED) is 0.776. The molecule has 1 atom stereocenters. The maximum Gasteiger partial charge on any atom is 0.259 e. The second kappa shape index (κ2) is 7.25. The summed E-state index contributed by atoms with van der Waals surface area (Å²) in [5.74, 6) is 0.290. The molecule has 0 bridgehead atoms. The van der Waals surface area contributed by atoms with Crippen LogP contribution in [0.5, 0.6) is 5.75 Å². The van der Waals surface area contributed by atoms with Crippen LogP contribution in [0.25, 0.3) is 10.9 Å². The SMILES string of the molecule is COc1ccc2[nH]cc(C(=O)N3CCO[C@H](c4ccccc4)C3)c(=O)c2c1. The van der Waals surface area contributed by atoms with Crippen molar-refractivity contribution < 1.29 is 14.3 Å². The number of ether oxygens (including phenoxy) is 2. The van der Waals surface area contributed by atoms with Gasteiger partial charge in [0.25, 0.3) is 5.91 Å². The lowest BCUT2D eigenvalue weighted by atomic mass is 10.1. The van der Waals surface area contributed by atoms with Crippen LogP contribution >= 0.6 is 0 Å². The smallest absolute Gasteiger partial charge is 0.259 e. The monoisotopic (exact) mass is 364 g/mol. The highest BCUT2D eigenvalue weighted by molar-refractivity contribution is 5.97. The van der Waals surface area contributed by atoms with E-state index >= 15 is 0 Å². The second-order valence-electron chi connectivity index (χ2n) is 6.46. The molecule has 1 amide bonds. The van der Waals surface area contributed by atoms with E-state index < -0.39 is 0 Å². The number of H-pyrrole nitrogens is 1. The minimum absolute atomic E-state index is 0.129. The highest BCUT2D eigenvalue weighted by atomic mass is 16.5. The molecule has 1 saturated heterocycles. The summed E-state index contributed by atoms with van der Waals surface area (Å²) in [5, 5.41) is 0.438. The third-order valence-corrected chi connectivity index (χ3v) is 4.84. The van der Waals surface area contributed by atoms with Crippen LogP contribution in [0.4, 0.5) is 0 Å². The van der Waals surface area contributed by atoms with Crippen molar-refractivity contribution in [3.63, 3.8) is 0 Å². The number of carbonyl (C=O) groups is 1. The fourth-order valence-corrected chi connectivity index (χ4v) is 3.36. The Bertz CT molecular complexity index is 1030.